The summed E-state index contributed by atoms with van der Waals surface area (Å²) in [7, 11) is 0. The Bertz CT molecular complexity index is 628. The van der Waals surface area contributed by atoms with E-state index in [0.29, 0.717) is 12.4 Å². The van der Waals surface area contributed by atoms with Crippen molar-refractivity contribution in [3.05, 3.63) is 29.8 Å². The molecule has 0 spiro atoms. The van der Waals surface area contributed by atoms with E-state index in [9.17, 15) is 14.4 Å². The van der Waals surface area contributed by atoms with Crippen molar-refractivity contribution < 1.29 is 29.3 Å². The Morgan fingerprint density at radius 1 is 1.08 bits per heavy atom. The number of ether oxygens (including phenoxy) is 1. The number of Topliss-reactive ketones (excluding diaryl/α,β-unsaturated/α-hetero) is 1. The predicted octanol–water partition coefficient (Wildman–Crippen LogP) is 2.29. The second-order valence-electron chi connectivity index (χ2n) is 5.62. The van der Waals surface area contributed by atoms with Gasteiger partial charge in [-0.05, 0) is 18.6 Å². The Morgan fingerprint density at radius 3 is 2.35 bits per heavy atom. The van der Waals surface area contributed by atoms with E-state index in [1.807, 2.05) is 0 Å². The smallest absolute Gasteiger partial charge is 0.324 e. The van der Waals surface area contributed by atoms with Gasteiger partial charge >= 0.3 is 11.9 Å². The number of rotatable bonds is 13. The Labute approximate surface area is 152 Å². The minimum atomic E-state index is -1.24. The molecule has 8 heteroatoms. The van der Waals surface area contributed by atoms with E-state index in [2.05, 4.69) is 12.0 Å². The van der Waals surface area contributed by atoms with Gasteiger partial charge in [-0.15, -0.1) is 0 Å². The van der Waals surface area contributed by atoms with E-state index < -0.39 is 30.8 Å². The van der Waals surface area contributed by atoms with Gasteiger partial charge in [-0.3, -0.25) is 19.4 Å². The summed E-state index contributed by atoms with van der Waals surface area (Å²) in [5.41, 5.74) is 0.289. The fourth-order valence-corrected chi connectivity index (χ4v) is 2.16. The molecule has 0 unspecified atom stereocenters. The summed E-state index contributed by atoms with van der Waals surface area (Å²) >= 11 is 0. The third kappa shape index (κ3) is 8.27. The molecule has 1 aromatic rings. The molecular weight excluding hydrogens is 340 g/mol. The number of carboxylic acid groups (broad SMARTS) is 2. The third-order valence-corrected chi connectivity index (χ3v) is 3.38. The van der Waals surface area contributed by atoms with Crippen LogP contribution in [0.4, 0.5) is 0 Å². The molecule has 0 aliphatic rings. The summed E-state index contributed by atoms with van der Waals surface area (Å²) in [5, 5.41) is 22.0. The quantitative estimate of drug-likeness (QED) is 0.239. The highest BCUT2D eigenvalue weighted by molar-refractivity contribution is 6.36. The molecule has 0 bridgehead atoms. The molecule has 142 valence electrons. The highest BCUT2D eigenvalue weighted by Gasteiger charge is 2.13. The SMILES string of the molecule is CCCCCCOc1ccccc1C(=O)/C=N\N(CC(=O)O)CC(=O)O. The van der Waals surface area contributed by atoms with Gasteiger partial charge in [0.05, 0.1) is 18.4 Å². The first kappa shape index (κ1) is 21.1. The second kappa shape index (κ2) is 11.6. The predicted molar refractivity (Wildman–Crippen MR) is 95.7 cm³/mol. The fourth-order valence-electron chi connectivity index (χ4n) is 2.16. The first-order chi connectivity index (χ1) is 12.4. The molecule has 26 heavy (non-hydrogen) atoms. The summed E-state index contributed by atoms with van der Waals surface area (Å²) < 4.78 is 5.66. The van der Waals surface area contributed by atoms with Gasteiger partial charge in [0.2, 0.25) is 5.78 Å². The lowest BCUT2D eigenvalue weighted by Gasteiger charge is -2.13. The second-order valence-corrected chi connectivity index (χ2v) is 5.62. The molecule has 0 amide bonds. The van der Waals surface area contributed by atoms with Crippen molar-refractivity contribution in [1.82, 2.24) is 5.01 Å². The monoisotopic (exact) mass is 364 g/mol. The molecule has 2 N–H and O–H groups in total. The lowest BCUT2D eigenvalue weighted by Crippen LogP contribution is -2.30. The molecular formula is C18H24N2O6. The van der Waals surface area contributed by atoms with Crippen molar-refractivity contribution in [2.75, 3.05) is 19.7 Å². The normalized spacial score (nSPS) is 10.7. The minimum absolute atomic E-state index is 0.289. The number of carbonyl (C=O) groups is 3. The molecule has 0 aliphatic carbocycles. The van der Waals surface area contributed by atoms with Crippen LogP contribution < -0.4 is 4.74 Å². The van der Waals surface area contributed by atoms with E-state index in [0.717, 1.165) is 36.9 Å². The van der Waals surface area contributed by atoms with Crippen LogP contribution in [0.1, 0.15) is 43.0 Å². The number of hydrazone groups is 1. The summed E-state index contributed by atoms with van der Waals surface area (Å²) in [5.74, 6) is -2.56. The highest BCUT2D eigenvalue weighted by atomic mass is 16.5. The summed E-state index contributed by atoms with van der Waals surface area (Å²) in [6.07, 6.45) is 5.09. The van der Waals surface area contributed by atoms with Gasteiger partial charge < -0.3 is 14.9 Å². The van der Waals surface area contributed by atoms with Crippen molar-refractivity contribution in [3.8, 4) is 5.75 Å². The van der Waals surface area contributed by atoms with Crippen LogP contribution in [-0.2, 0) is 9.59 Å². The van der Waals surface area contributed by atoms with Crippen molar-refractivity contribution in [3.63, 3.8) is 0 Å². The van der Waals surface area contributed by atoms with E-state index in [1.54, 1.807) is 24.3 Å². The number of carbonyl (C=O) groups excluding carboxylic acids is 1. The molecule has 0 aromatic heterocycles. The van der Waals surface area contributed by atoms with Gasteiger partial charge in [0.1, 0.15) is 18.8 Å². The van der Waals surface area contributed by atoms with Crippen LogP contribution in [0.2, 0.25) is 0 Å². The van der Waals surface area contributed by atoms with Crippen LogP contribution in [0.3, 0.4) is 0 Å². The van der Waals surface area contributed by atoms with Gasteiger partial charge in [-0.1, -0.05) is 38.3 Å². The Hall–Kier alpha value is -2.90. The average Bonchev–Trinajstić information content (AvgIpc) is 2.58. The molecule has 0 radical (unpaired) electrons. The average molecular weight is 364 g/mol. The molecule has 1 rings (SSSR count). The number of unbranched alkanes of at least 4 members (excludes halogenated alkanes) is 3. The standard InChI is InChI=1S/C18H24N2O6/c1-2-3-4-7-10-26-16-9-6-5-8-14(16)15(21)11-19-20(12-17(22)23)13-18(24)25/h5-6,8-9,11H,2-4,7,10,12-13H2,1H3,(H,22,23)(H,24,25)/b19-11-. The topological polar surface area (TPSA) is 117 Å². The Balaban J connectivity index is 2.75. The molecule has 0 saturated carbocycles. The van der Waals surface area contributed by atoms with Crippen LogP contribution in [0.25, 0.3) is 0 Å². The lowest BCUT2D eigenvalue weighted by atomic mass is 10.1. The number of carboxylic acids is 2. The number of aliphatic carboxylic acids is 2. The number of para-hydroxylation sites is 1. The van der Waals surface area contributed by atoms with Crippen LogP contribution in [-0.4, -0.2) is 58.9 Å². The van der Waals surface area contributed by atoms with Crippen molar-refractivity contribution in [2.45, 2.75) is 32.6 Å². The zero-order valence-electron chi connectivity index (χ0n) is 14.8. The molecule has 0 saturated heterocycles. The number of hydrogen-bond donors (Lipinski definition) is 2. The van der Waals surface area contributed by atoms with Crippen molar-refractivity contribution >= 4 is 23.9 Å². The maximum atomic E-state index is 12.3. The van der Waals surface area contributed by atoms with Gasteiger partial charge in [-0.25, -0.2) is 0 Å². The van der Waals surface area contributed by atoms with Crippen LogP contribution in [0.5, 0.6) is 5.75 Å². The first-order valence-electron chi connectivity index (χ1n) is 8.42. The molecule has 1 aromatic carbocycles. The lowest BCUT2D eigenvalue weighted by molar-refractivity contribution is -0.141. The van der Waals surface area contributed by atoms with Crippen molar-refractivity contribution in [2.24, 2.45) is 5.10 Å². The first-order valence-corrected chi connectivity index (χ1v) is 8.42. The van der Waals surface area contributed by atoms with E-state index >= 15 is 0 Å². The largest absolute Gasteiger partial charge is 0.493 e. The van der Waals surface area contributed by atoms with Crippen LogP contribution in [0.15, 0.2) is 29.4 Å². The van der Waals surface area contributed by atoms with Gasteiger partial charge in [0.25, 0.3) is 0 Å². The zero-order chi connectivity index (χ0) is 19.4. The number of benzene rings is 1. The zero-order valence-corrected chi connectivity index (χ0v) is 14.8. The van der Waals surface area contributed by atoms with Gasteiger partial charge in [0.15, 0.2) is 0 Å². The Morgan fingerprint density at radius 2 is 1.73 bits per heavy atom. The molecule has 8 nitrogen and oxygen atoms in total. The van der Waals surface area contributed by atoms with Crippen LogP contribution in [0, 0.1) is 0 Å². The van der Waals surface area contributed by atoms with E-state index in [-0.39, 0.29) is 5.56 Å². The van der Waals surface area contributed by atoms with Gasteiger partial charge in [0, 0.05) is 0 Å². The third-order valence-electron chi connectivity index (χ3n) is 3.38. The van der Waals surface area contributed by atoms with Crippen LogP contribution >= 0.6 is 0 Å². The fraction of sp³-hybridized carbons (Fsp3) is 0.444. The summed E-state index contributed by atoms with van der Waals surface area (Å²) in [6.45, 7) is 1.37. The number of nitrogens with zero attached hydrogens (tertiary/aromatic N) is 2. The summed E-state index contributed by atoms with van der Waals surface area (Å²) in [6, 6.07) is 6.68. The maximum Gasteiger partial charge on any atom is 0.324 e. The van der Waals surface area contributed by atoms with Gasteiger partial charge in [-0.2, -0.15) is 5.10 Å². The number of ketones is 1. The van der Waals surface area contributed by atoms with Crippen molar-refractivity contribution in [1.29, 1.82) is 0 Å². The highest BCUT2D eigenvalue weighted by Crippen LogP contribution is 2.18. The molecule has 0 fully saturated rings. The molecule has 0 heterocycles. The Kier molecular flexibility index (Phi) is 9.45. The number of hydrogen-bond acceptors (Lipinski definition) is 6. The summed E-state index contributed by atoms with van der Waals surface area (Å²) in [4.78, 5) is 33.8. The van der Waals surface area contributed by atoms with E-state index in [1.165, 1.54) is 0 Å². The molecule has 0 atom stereocenters. The minimum Gasteiger partial charge on any atom is -0.493 e. The molecule has 0 aliphatic heterocycles. The maximum absolute atomic E-state index is 12.3. The van der Waals surface area contributed by atoms with E-state index in [4.69, 9.17) is 14.9 Å².